The van der Waals surface area contributed by atoms with E-state index >= 15 is 0 Å². The standard InChI is InChI=1S/C28H25N5O9/c1-38-16-42-27-13-24(33-31-23-5-3-17-2-4-18(29)8-22(17)28(23)37)26(39-7-6-34)12-25(27)32-30-19-9-20(40-14-35)11-21(10-19)41-15-36/h2-5,8-15,34,37H,6-7,16,29H2,1H3. The van der Waals surface area contributed by atoms with E-state index in [2.05, 4.69) is 20.5 Å². The summed E-state index contributed by atoms with van der Waals surface area (Å²) in [4.78, 5) is 21.6. The number of carbonyl (C=O) groups is 2. The maximum atomic E-state index is 10.8. The molecular formula is C28H25N5O9. The largest absolute Gasteiger partial charge is 0.505 e. The Bertz CT molecular complexity index is 1610. The van der Waals surface area contributed by atoms with E-state index in [-0.39, 0.29) is 84.4 Å². The molecule has 0 aliphatic rings. The van der Waals surface area contributed by atoms with Gasteiger partial charge in [0, 0.05) is 48.5 Å². The van der Waals surface area contributed by atoms with Crippen LogP contribution in [-0.4, -0.2) is 50.3 Å². The number of rotatable bonds is 14. The lowest BCUT2D eigenvalue weighted by Crippen LogP contribution is -2.03. The molecule has 0 amide bonds. The second kappa shape index (κ2) is 14.2. The van der Waals surface area contributed by atoms with Crippen LogP contribution in [-0.2, 0) is 14.3 Å². The summed E-state index contributed by atoms with van der Waals surface area (Å²) < 4.78 is 26.0. The van der Waals surface area contributed by atoms with Crippen LogP contribution in [0.2, 0.25) is 0 Å². The minimum atomic E-state index is -0.286. The fourth-order valence-corrected chi connectivity index (χ4v) is 3.68. The van der Waals surface area contributed by atoms with Gasteiger partial charge < -0.3 is 39.6 Å². The van der Waals surface area contributed by atoms with Crippen LogP contribution in [0.15, 0.2) is 81.1 Å². The molecule has 4 rings (SSSR count). The molecule has 0 saturated heterocycles. The predicted octanol–water partition coefficient (Wildman–Crippen LogP) is 5.38. The highest BCUT2D eigenvalue weighted by Gasteiger charge is 2.15. The quantitative estimate of drug-likeness (QED) is 0.0759. The van der Waals surface area contributed by atoms with Gasteiger partial charge in [-0.1, -0.05) is 12.1 Å². The molecule has 4 aromatic carbocycles. The number of aromatic hydroxyl groups is 1. The predicted molar refractivity (Wildman–Crippen MR) is 150 cm³/mol. The number of anilines is 1. The van der Waals surface area contributed by atoms with E-state index in [1.54, 1.807) is 30.3 Å². The Kier molecular flexibility index (Phi) is 9.90. The summed E-state index contributed by atoms with van der Waals surface area (Å²) in [6.45, 7) is -0.0882. The number of methoxy groups -OCH3 is 1. The molecule has 0 atom stereocenters. The number of nitrogen functional groups attached to an aromatic ring is 1. The number of nitrogens with two attached hydrogens (primary N) is 1. The van der Waals surface area contributed by atoms with E-state index in [0.717, 1.165) is 5.39 Å². The Hall–Kier alpha value is -5.60. The third-order valence-corrected chi connectivity index (χ3v) is 5.49. The first-order valence-corrected chi connectivity index (χ1v) is 12.2. The summed E-state index contributed by atoms with van der Waals surface area (Å²) in [6, 6.07) is 15.5. The number of aliphatic hydroxyl groups excluding tert-OH is 1. The van der Waals surface area contributed by atoms with Gasteiger partial charge in [0.15, 0.2) is 18.3 Å². The van der Waals surface area contributed by atoms with Crippen molar-refractivity contribution in [3.63, 3.8) is 0 Å². The van der Waals surface area contributed by atoms with Crippen LogP contribution >= 0.6 is 0 Å². The van der Waals surface area contributed by atoms with Gasteiger partial charge in [-0.3, -0.25) is 9.59 Å². The number of hydrogen-bond donors (Lipinski definition) is 3. The van der Waals surface area contributed by atoms with E-state index in [0.29, 0.717) is 11.1 Å². The average Bonchev–Trinajstić information content (AvgIpc) is 2.98. The van der Waals surface area contributed by atoms with Crippen molar-refractivity contribution in [2.24, 2.45) is 20.5 Å². The second-order valence-electron chi connectivity index (χ2n) is 8.32. The Balaban J connectivity index is 1.75. The minimum absolute atomic E-state index is 0.0662. The molecule has 4 aromatic rings. The molecule has 0 aliphatic heterocycles. The first kappa shape index (κ1) is 29.4. The number of phenolic OH excluding ortho intramolecular Hbond substituents is 1. The monoisotopic (exact) mass is 575 g/mol. The SMILES string of the molecule is COCOc1cc(N=Nc2ccc3ccc(N)cc3c2O)c(OCCO)cc1N=Nc1cc(OC=O)cc(OC=O)c1. The number of phenols is 1. The third kappa shape index (κ3) is 7.32. The lowest BCUT2D eigenvalue weighted by Gasteiger charge is -2.12. The van der Waals surface area contributed by atoms with E-state index in [1.807, 2.05) is 0 Å². The van der Waals surface area contributed by atoms with Crippen LogP contribution in [0, 0.1) is 0 Å². The second-order valence-corrected chi connectivity index (χ2v) is 8.32. The smallest absolute Gasteiger partial charge is 0.298 e. The Morgan fingerprint density at radius 2 is 1.40 bits per heavy atom. The van der Waals surface area contributed by atoms with Crippen molar-refractivity contribution < 1.29 is 43.5 Å². The van der Waals surface area contributed by atoms with E-state index in [9.17, 15) is 19.8 Å². The van der Waals surface area contributed by atoms with Crippen LogP contribution in [0.5, 0.6) is 28.7 Å². The molecule has 0 bridgehead atoms. The van der Waals surface area contributed by atoms with Gasteiger partial charge in [-0.15, -0.1) is 15.3 Å². The molecule has 42 heavy (non-hydrogen) atoms. The van der Waals surface area contributed by atoms with Gasteiger partial charge in [0.25, 0.3) is 12.9 Å². The number of nitrogens with zero attached hydrogens (tertiary/aromatic N) is 4. The molecule has 0 unspecified atom stereocenters. The highest BCUT2D eigenvalue weighted by Crippen LogP contribution is 2.43. The summed E-state index contributed by atoms with van der Waals surface area (Å²) in [5, 5.41) is 38.2. The van der Waals surface area contributed by atoms with Crippen molar-refractivity contribution in [1.29, 1.82) is 0 Å². The molecule has 0 radical (unpaired) electrons. The van der Waals surface area contributed by atoms with Crippen molar-refractivity contribution in [2.75, 3.05) is 32.9 Å². The van der Waals surface area contributed by atoms with Crippen molar-refractivity contribution >= 4 is 52.2 Å². The number of benzene rings is 4. The van der Waals surface area contributed by atoms with Crippen molar-refractivity contribution in [2.45, 2.75) is 0 Å². The molecule has 0 spiro atoms. The lowest BCUT2D eigenvalue weighted by atomic mass is 10.1. The van der Waals surface area contributed by atoms with Crippen molar-refractivity contribution in [1.82, 2.24) is 0 Å². The first-order chi connectivity index (χ1) is 20.4. The van der Waals surface area contributed by atoms with Gasteiger partial charge in [0.1, 0.15) is 40.9 Å². The average molecular weight is 576 g/mol. The number of carbonyl (C=O) groups excluding carboxylic acids is 2. The van der Waals surface area contributed by atoms with Gasteiger partial charge in [-0.25, -0.2) is 0 Å². The molecule has 4 N–H and O–H groups in total. The topological polar surface area (TPSA) is 196 Å². The zero-order chi connectivity index (χ0) is 29.9. The van der Waals surface area contributed by atoms with Crippen LogP contribution in [0.1, 0.15) is 0 Å². The third-order valence-electron chi connectivity index (χ3n) is 5.49. The van der Waals surface area contributed by atoms with E-state index < -0.39 is 0 Å². The number of fused-ring (bicyclic) bond motifs is 1. The Labute approximate surface area is 238 Å². The fraction of sp³-hybridized carbons (Fsp3) is 0.143. The molecule has 0 saturated carbocycles. The van der Waals surface area contributed by atoms with Crippen LogP contribution in [0.4, 0.5) is 28.4 Å². The van der Waals surface area contributed by atoms with Crippen LogP contribution in [0.3, 0.4) is 0 Å². The summed E-state index contributed by atoms with van der Waals surface area (Å²) >= 11 is 0. The molecule has 0 heterocycles. The minimum Gasteiger partial charge on any atom is -0.505 e. The molecule has 0 aliphatic carbocycles. The van der Waals surface area contributed by atoms with Crippen molar-refractivity contribution in [3.05, 3.63) is 60.7 Å². The molecule has 0 fully saturated rings. The van der Waals surface area contributed by atoms with E-state index in [4.69, 9.17) is 29.4 Å². The van der Waals surface area contributed by atoms with Gasteiger partial charge in [-0.05, 0) is 23.6 Å². The number of ether oxygens (including phenoxy) is 5. The molecule has 0 aromatic heterocycles. The molecule has 14 nitrogen and oxygen atoms in total. The number of azo groups is 2. The summed E-state index contributed by atoms with van der Waals surface area (Å²) in [7, 11) is 1.43. The Morgan fingerprint density at radius 3 is 2.05 bits per heavy atom. The normalized spacial score (nSPS) is 11.2. The highest BCUT2D eigenvalue weighted by molar-refractivity contribution is 5.94. The van der Waals surface area contributed by atoms with Gasteiger partial charge in [0.05, 0.1) is 12.3 Å². The molecule has 14 heteroatoms. The first-order valence-electron chi connectivity index (χ1n) is 12.2. The summed E-state index contributed by atoms with van der Waals surface area (Å²) in [5.41, 5.74) is 7.05. The summed E-state index contributed by atoms with van der Waals surface area (Å²) in [6.07, 6.45) is 0. The fourth-order valence-electron chi connectivity index (χ4n) is 3.68. The van der Waals surface area contributed by atoms with Gasteiger partial charge >= 0.3 is 0 Å². The molecular weight excluding hydrogens is 550 g/mol. The van der Waals surface area contributed by atoms with Gasteiger partial charge in [-0.2, -0.15) is 5.11 Å². The van der Waals surface area contributed by atoms with Crippen LogP contribution in [0.25, 0.3) is 10.8 Å². The van der Waals surface area contributed by atoms with Crippen LogP contribution < -0.4 is 24.7 Å². The maximum absolute atomic E-state index is 10.8. The highest BCUT2D eigenvalue weighted by atomic mass is 16.7. The zero-order valence-electron chi connectivity index (χ0n) is 22.2. The van der Waals surface area contributed by atoms with Crippen molar-refractivity contribution in [3.8, 4) is 28.7 Å². The molecule has 216 valence electrons. The lowest BCUT2D eigenvalue weighted by molar-refractivity contribution is -0.121. The number of aliphatic hydroxyl groups is 1. The summed E-state index contributed by atoms with van der Waals surface area (Å²) in [5.74, 6) is 0.361. The maximum Gasteiger partial charge on any atom is 0.298 e. The number of hydrogen-bond acceptors (Lipinski definition) is 14. The van der Waals surface area contributed by atoms with E-state index in [1.165, 1.54) is 37.4 Å². The van der Waals surface area contributed by atoms with Gasteiger partial charge in [0.2, 0.25) is 0 Å². The zero-order valence-corrected chi connectivity index (χ0v) is 22.2. The Morgan fingerprint density at radius 1 is 0.786 bits per heavy atom.